The summed E-state index contributed by atoms with van der Waals surface area (Å²) in [5.74, 6) is 3.97. The van der Waals surface area contributed by atoms with E-state index in [2.05, 4.69) is 44.8 Å². The zero-order chi connectivity index (χ0) is 15.4. The Morgan fingerprint density at radius 3 is 2.48 bits per heavy atom. The fraction of sp³-hybridized carbons (Fsp3) is 0.765. The van der Waals surface area contributed by atoms with Gasteiger partial charge < -0.3 is 10.2 Å². The molecule has 118 valence electrons. The minimum Gasteiger partial charge on any atom is -0.370 e. The van der Waals surface area contributed by atoms with Crippen molar-refractivity contribution in [3.63, 3.8) is 0 Å². The molecule has 1 aromatic rings. The maximum atomic E-state index is 4.88. The largest absolute Gasteiger partial charge is 0.370 e. The van der Waals surface area contributed by atoms with Crippen molar-refractivity contribution >= 4 is 11.6 Å². The Kier molecular flexibility index (Phi) is 5.43. The van der Waals surface area contributed by atoms with Crippen LogP contribution in [0, 0.1) is 12.8 Å². The van der Waals surface area contributed by atoms with Crippen molar-refractivity contribution < 1.29 is 0 Å². The molecule has 1 fully saturated rings. The Bertz CT molecular complexity index is 466. The first-order chi connectivity index (χ1) is 10.1. The molecule has 0 unspecified atom stereocenters. The second-order valence-electron chi connectivity index (χ2n) is 6.41. The first kappa shape index (κ1) is 16.1. The molecule has 0 atom stereocenters. The maximum Gasteiger partial charge on any atom is 0.137 e. The van der Waals surface area contributed by atoms with Crippen molar-refractivity contribution in [1.29, 1.82) is 0 Å². The van der Waals surface area contributed by atoms with E-state index in [1.165, 1.54) is 18.4 Å². The molecule has 1 aliphatic rings. The van der Waals surface area contributed by atoms with Crippen LogP contribution >= 0.6 is 0 Å². The molecule has 0 amide bonds. The molecule has 1 aliphatic carbocycles. The van der Waals surface area contributed by atoms with Crippen molar-refractivity contribution in [3.8, 4) is 0 Å². The van der Waals surface area contributed by atoms with Gasteiger partial charge in [-0.1, -0.05) is 6.92 Å². The third kappa shape index (κ3) is 4.08. The third-order valence-corrected chi connectivity index (χ3v) is 4.03. The number of hydrogen-bond donors (Lipinski definition) is 1. The molecule has 2 rings (SSSR count). The molecular formula is C17H30N4. The molecule has 4 heteroatoms. The number of nitrogens with one attached hydrogen (secondary N) is 1. The Hall–Kier alpha value is -1.32. The average molecular weight is 290 g/mol. The van der Waals surface area contributed by atoms with Gasteiger partial charge in [0.25, 0.3) is 0 Å². The minimum atomic E-state index is 0.475. The van der Waals surface area contributed by atoms with Crippen LogP contribution in [0.4, 0.5) is 11.6 Å². The SMILES string of the molecule is CCCc1nc(NCC)c(C)c(N(CC2CC2)C(C)C)n1. The highest BCUT2D eigenvalue weighted by atomic mass is 15.2. The van der Waals surface area contributed by atoms with E-state index >= 15 is 0 Å². The van der Waals surface area contributed by atoms with Gasteiger partial charge in [-0.05, 0) is 52.9 Å². The van der Waals surface area contributed by atoms with Gasteiger partial charge in [0.15, 0.2) is 0 Å². The number of nitrogens with zero attached hydrogens (tertiary/aromatic N) is 3. The highest BCUT2D eigenvalue weighted by Gasteiger charge is 2.28. The highest BCUT2D eigenvalue weighted by Crippen LogP contribution is 2.33. The van der Waals surface area contributed by atoms with Gasteiger partial charge in [-0.2, -0.15) is 0 Å². The van der Waals surface area contributed by atoms with Gasteiger partial charge in [-0.15, -0.1) is 0 Å². The Labute approximate surface area is 129 Å². The summed E-state index contributed by atoms with van der Waals surface area (Å²) < 4.78 is 0. The molecule has 1 N–H and O–H groups in total. The zero-order valence-electron chi connectivity index (χ0n) is 14.2. The second kappa shape index (κ2) is 7.10. The lowest BCUT2D eigenvalue weighted by Crippen LogP contribution is -2.34. The fourth-order valence-corrected chi connectivity index (χ4v) is 2.62. The van der Waals surface area contributed by atoms with Crippen LogP contribution in [0.1, 0.15) is 58.3 Å². The van der Waals surface area contributed by atoms with Crippen LogP contribution in [0.25, 0.3) is 0 Å². The van der Waals surface area contributed by atoms with E-state index in [1.807, 2.05) is 0 Å². The van der Waals surface area contributed by atoms with E-state index in [9.17, 15) is 0 Å². The average Bonchev–Trinajstić information content (AvgIpc) is 3.24. The van der Waals surface area contributed by atoms with Crippen LogP contribution in [0.15, 0.2) is 0 Å². The smallest absolute Gasteiger partial charge is 0.137 e. The van der Waals surface area contributed by atoms with Crippen LogP contribution in [0.5, 0.6) is 0 Å². The summed E-state index contributed by atoms with van der Waals surface area (Å²) in [6.45, 7) is 13.0. The summed E-state index contributed by atoms with van der Waals surface area (Å²) in [5.41, 5.74) is 1.19. The lowest BCUT2D eigenvalue weighted by Gasteiger charge is -2.30. The van der Waals surface area contributed by atoms with E-state index < -0.39 is 0 Å². The predicted molar refractivity (Wildman–Crippen MR) is 90.1 cm³/mol. The first-order valence-electron chi connectivity index (χ1n) is 8.44. The number of aryl methyl sites for hydroxylation is 1. The van der Waals surface area contributed by atoms with E-state index in [0.29, 0.717) is 6.04 Å². The van der Waals surface area contributed by atoms with Crippen LogP contribution in [0.3, 0.4) is 0 Å². The molecule has 1 aromatic heterocycles. The molecule has 21 heavy (non-hydrogen) atoms. The summed E-state index contributed by atoms with van der Waals surface area (Å²) in [7, 11) is 0. The van der Waals surface area contributed by atoms with Crippen LogP contribution in [0.2, 0.25) is 0 Å². The molecule has 1 heterocycles. The fourth-order valence-electron chi connectivity index (χ4n) is 2.62. The Morgan fingerprint density at radius 2 is 1.95 bits per heavy atom. The number of anilines is 2. The van der Waals surface area contributed by atoms with Gasteiger partial charge >= 0.3 is 0 Å². The van der Waals surface area contributed by atoms with E-state index in [1.54, 1.807) is 0 Å². The van der Waals surface area contributed by atoms with Gasteiger partial charge in [-0.3, -0.25) is 0 Å². The maximum absolute atomic E-state index is 4.88. The van der Waals surface area contributed by atoms with Crippen molar-refractivity contribution in [2.24, 2.45) is 5.92 Å². The van der Waals surface area contributed by atoms with E-state index in [4.69, 9.17) is 9.97 Å². The van der Waals surface area contributed by atoms with Crippen LogP contribution in [-0.4, -0.2) is 29.1 Å². The quantitative estimate of drug-likeness (QED) is 0.791. The lowest BCUT2D eigenvalue weighted by atomic mass is 10.2. The lowest BCUT2D eigenvalue weighted by molar-refractivity contribution is 0.630. The van der Waals surface area contributed by atoms with Gasteiger partial charge in [0.05, 0.1) is 0 Å². The molecule has 0 spiro atoms. The summed E-state index contributed by atoms with van der Waals surface area (Å²) in [4.78, 5) is 12.0. The van der Waals surface area contributed by atoms with Crippen molar-refractivity contribution in [2.45, 2.75) is 66.3 Å². The number of rotatable bonds is 8. The summed E-state index contributed by atoms with van der Waals surface area (Å²) in [5, 5.41) is 3.40. The standard InChI is InChI=1S/C17H30N4/c1-6-8-15-19-16(18-7-2)13(5)17(20-15)21(12(3)4)11-14-9-10-14/h12,14H,6-11H2,1-5H3,(H,18,19,20). The zero-order valence-corrected chi connectivity index (χ0v) is 14.2. The van der Waals surface area contributed by atoms with Crippen LogP contribution < -0.4 is 10.2 Å². The molecule has 0 radical (unpaired) electrons. The summed E-state index contributed by atoms with van der Waals surface area (Å²) >= 11 is 0. The first-order valence-corrected chi connectivity index (χ1v) is 8.44. The molecule has 0 aliphatic heterocycles. The Morgan fingerprint density at radius 1 is 1.24 bits per heavy atom. The van der Waals surface area contributed by atoms with Gasteiger partial charge in [-0.25, -0.2) is 9.97 Å². The molecule has 1 saturated carbocycles. The summed E-state index contributed by atoms with van der Waals surface area (Å²) in [6.07, 6.45) is 4.77. The van der Waals surface area contributed by atoms with Gasteiger partial charge in [0.1, 0.15) is 17.5 Å². The molecule has 0 saturated heterocycles. The van der Waals surface area contributed by atoms with E-state index in [-0.39, 0.29) is 0 Å². The normalized spacial score (nSPS) is 14.6. The predicted octanol–water partition coefficient (Wildman–Crippen LogP) is 3.79. The molecular weight excluding hydrogens is 260 g/mol. The third-order valence-electron chi connectivity index (χ3n) is 4.03. The van der Waals surface area contributed by atoms with E-state index in [0.717, 1.165) is 49.3 Å². The number of aromatic nitrogens is 2. The summed E-state index contributed by atoms with van der Waals surface area (Å²) in [6, 6.07) is 0.475. The van der Waals surface area contributed by atoms with Crippen molar-refractivity contribution in [3.05, 3.63) is 11.4 Å². The monoisotopic (exact) mass is 290 g/mol. The van der Waals surface area contributed by atoms with Gasteiger partial charge in [0.2, 0.25) is 0 Å². The molecule has 0 bridgehead atoms. The highest BCUT2D eigenvalue weighted by molar-refractivity contribution is 5.59. The van der Waals surface area contributed by atoms with Gasteiger partial charge in [0, 0.05) is 31.1 Å². The second-order valence-corrected chi connectivity index (χ2v) is 6.41. The minimum absolute atomic E-state index is 0.475. The number of hydrogen-bond acceptors (Lipinski definition) is 4. The molecule has 4 nitrogen and oxygen atoms in total. The van der Waals surface area contributed by atoms with Crippen molar-refractivity contribution in [2.75, 3.05) is 23.3 Å². The van der Waals surface area contributed by atoms with Crippen molar-refractivity contribution in [1.82, 2.24) is 9.97 Å². The Balaban J connectivity index is 2.37. The molecule has 0 aromatic carbocycles. The van der Waals surface area contributed by atoms with Crippen LogP contribution in [-0.2, 0) is 6.42 Å². The topological polar surface area (TPSA) is 41.1 Å².